The molecule has 72 valence electrons. The quantitative estimate of drug-likeness (QED) is 0.431. The Labute approximate surface area is 82.2 Å². The predicted molar refractivity (Wildman–Crippen MR) is 57.5 cm³/mol. The fourth-order valence-electron chi connectivity index (χ4n) is 1.03. The van der Waals surface area contributed by atoms with Crippen LogP contribution in [0, 0.1) is 12.3 Å². The first-order valence-electron chi connectivity index (χ1n) is 4.12. The van der Waals surface area contributed by atoms with Crippen LogP contribution in [0.15, 0.2) is 23.3 Å². The Balaban J connectivity index is 2.90. The maximum absolute atomic E-state index is 10.7. The molecule has 0 atom stereocenters. The molecule has 0 aliphatic carbocycles. The summed E-state index contributed by atoms with van der Waals surface area (Å²) in [5.74, 6) is 0. The van der Waals surface area contributed by atoms with Gasteiger partial charge < -0.3 is 5.41 Å². The molecule has 0 radical (unpaired) electrons. The first kappa shape index (κ1) is 10.1. The fourth-order valence-corrected chi connectivity index (χ4v) is 1.03. The van der Waals surface area contributed by atoms with Crippen LogP contribution < -0.4 is 5.43 Å². The molecule has 1 aromatic rings. The van der Waals surface area contributed by atoms with Crippen molar-refractivity contribution in [3.8, 4) is 0 Å². The van der Waals surface area contributed by atoms with Gasteiger partial charge in [0.15, 0.2) is 6.29 Å². The SMILES string of the molecule is Cc1ccc(N/N=C\C=N)c(C=O)c1. The fraction of sp³-hybridized carbons (Fsp3) is 0.100. The number of carbonyl (C=O) groups excluding carboxylic acids is 1. The average Bonchev–Trinajstić information content (AvgIpc) is 2.20. The van der Waals surface area contributed by atoms with Crippen molar-refractivity contribution in [2.45, 2.75) is 6.92 Å². The summed E-state index contributed by atoms with van der Waals surface area (Å²) in [7, 11) is 0. The maximum atomic E-state index is 10.7. The standard InChI is InChI=1S/C10H11N3O/c1-8-2-3-10(9(6-8)7-14)13-12-5-4-11/h2-7,11,13H,1H3/b11-4?,12-5-. The molecule has 0 aromatic heterocycles. The van der Waals surface area contributed by atoms with Gasteiger partial charge in [0.1, 0.15) is 0 Å². The second kappa shape index (κ2) is 4.91. The van der Waals surface area contributed by atoms with E-state index in [0.29, 0.717) is 11.3 Å². The number of aldehydes is 1. The lowest BCUT2D eigenvalue weighted by Gasteiger charge is -2.03. The molecule has 0 bridgehead atoms. The molecule has 2 N–H and O–H groups in total. The molecule has 1 aromatic carbocycles. The summed E-state index contributed by atoms with van der Waals surface area (Å²) in [5, 5.41) is 10.4. The first-order valence-corrected chi connectivity index (χ1v) is 4.12. The third kappa shape index (κ3) is 2.52. The molecule has 0 fully saturated rings. The molecule has 0 unspecified atom stereocenters. The van der Waals surface area contributed by atoms with Crippen molar-refractivity contribution in [2.24, 2.45) is 5.10 Å². The predicted octanol–water partition coefficient (Wildman–Crippen LogP) is 1.85. The number of hydrazone groups is 1. The van der Waals surface area contributed by atoms with Gasteiger partial charge in [-0.3, -0.25) is 10.2 Å². The number of hydrogen-bond donors (Lipinski definition) is 2. The number of aryl methyl sites for hydroxylation is 1. The Hall–Kier alpha value is -1.97. The second-order valence-electron chi connectivity index (χ2n) is 2.77. The highest BCUT2D eigenvalue weighted by atomic mass is 16.1. The van der Waals surface area contributed by atoms with E-state index in [0.717, 1.165) is 18.1 Å². The summed E-state index contributed by atoms with van der Waals surface area (Å²) < 4.78 is 0. The highest BCUT2D eigenvalue weighted by Crippen LogP contribution is 2.14. The van der Waals surface area contributed by atoms with Gasteiger partial charge in [0.05, 0.1) is 11.9 Å². The van der Waals surface area contributed by atoms with E-state index in [9.17, 15) is 4.79 Å². The summed E-state index contributed by atoms with van der Waals surface area (Å²) in [6.45, 7) is 1.91. The lowest BCUT2D eigenvalue weighted by Crippen LogP contribution is -1.95. The van der Waals surface area contributed by atoms with Gasteiger partial charge in [-0.1, -0.05) is 11.6 Å². The highest BCUT2D eigenvalue weighted by molar-refractivity contribution is 6.14. The molecule has 4 heteroatoms. The summed E-state index contributed by atoms with van der Waals surface area (Å²) in [4.78, 5) is 10.7. The molecule has 0 amide bonds. The van der Waals surface area contributed by atoms with Crippen LogP contribution in [0.25, 0.3) is 0 Å². The third-order valence-corrected chi connectivity index (χ3v) is 1.67. The van der Waals surface area contributed by atoms with Gasteiger partial charge in [0.2, 0.25) is 0 Å². The summed E-state index contributed by atoms with van der Waals surface area (Å²) in [5.41, 5.74) is 4.91. The Morgan fingerprint density at radius 2 is 2.29 bits per heavy atom. The summed E-state index contributed by atoms with van der Waals surface area (Å²) in [6.07, 6.45) is 3.13. The van der Waals surface area contributed by atoms with Crippen LogP contribution in [0.4, 0.5) is 5.69 Å². The molecule has 0 saturated carbocycles. The molecule has 0 heterocycles. The molecular weight excluding hydrogens is 178 g/mol. The summed E-state index contributed by atoms with van der Waals surface area (Å²) >= 11 is 0. The molecule has 0 spiro atoms. The Morgan fingerprint density at radius 1 is 1.50 bits per heavy atom. The first-order chi connectivity index (χ1) is 6.77. The lowest BCUT2D eigenvalue weighted by atomic mass is 10.1. The molecule has 0 aliphatic heterocycles. The van der Waals surface area contributed by atoms with E-state index in [1.165, 1.54) is 6.21 Å². The van der Waals surface area contributed by atoms with Gasteiger partial charge >= 0.3 is 0 Å². The number of carbonyl (C=O) groups is 1. The van der Waals surface area contributed by atoms with Crippen molar-refractivity contribution in [2.75, 3.05) is 5.43 Å². The van der Waals surface area contributed by atoms with Crippen molar-refractivity contribution in [1.82, 2.24) is 0 Å². The van der Waals surface area contributed by atoms with Gasteiger partial charge in [-0.25, -0.2) is 0 Å². The van der Waals surface area contributed by atoms with E-state index in [-0.39, 0.29) is 0 Å². The zero-order valence-electron chi connectivity index (χ0n) is 7.82. The van der Waals surface area contributed by atoms with Crippen molar-refractivity contribution in [3.05, 3.63) is 29.3 Å². The summed E-state index contributed by atoms with van der Waals surface area (Å²) in [6, 6.07) is 5.44. The number of anilines is 1. The zero-order chi connectivity index (χ0) is 10.4. The molecular formula is C10H11N3O. The smallest absolute Gasteiger partial charge is 0.152 e. The van der Waals surface area contributed by atoms with Gasteiger partial charge in [-0.05, 0) is 19.1 Å². The largest absolute Gasteiger partial charge is 0.307 e. The van der Waals surface area contributed by atoms with Crippen LogP contribution in [-0.2, 0) is 0 Å². The minimum Gasteiger partial charge on any atom is -0.307 e. The number of nitrogens with one attached hydrogen (secondary N) is 2. The number of nitrogens with zero attached hydrogens (tertiary/aromatic N) is 1. The van der Waals surface area contributed by atoms with Crippen LogP contribution in [0.2, 0.25) is 0 Å². The monoisotopic (exact) mass is 189 g/mol. The Bertz CT molecular complexity index is 372. The van der Waals surface area contributed by atoms with E-state index in [4.69, 9.17) is 5.41 Å². The third-order valence-electron chi connectivity index (χ3n) is 1.67. The normalized spacial score (nSPS) is 10.1. The van der Waals surface area contributed by atoms with Crippen LogP contribution in [0.5, 0.6) is 0 Å². The van der Waals surface area contributed by atoms with E-state index < -0.39 is 0 Å². The van der Waals surface area contributed by atoms with Gasteiger partial charge in [-0.2, -0.15) is 5.10 Å². The van der Waals surface area contributed by atoms with Crippen LogP contribution in [0.1, 0.15) is 15.9 Å². The van der Waals surface area contributed by atoms with E-state index in [1.54, 1.807) is 12.1 Å². The molecule has 4 nitrogen and oxygen atoms in total. The second-order valence-corrected chi connectivity index (χ2v) is 2.77. The van der Waals surface area contributed by atoms with Gasteiger partial charge in [0, 0.05) is 11.8 Å². The van der Waals surface area contributed by atoms with Crippen molar-refractivity contribution in [3.63, 3.8) is 0 Å². The van der Waals surface area contributed by atoms with E-state index in [1.807, 2.05) is 13.0 Å². The van der Waals surface area contributed by atoms with Crippen LogP contribution in [-0.4, -0.2) is 18.7 Å². The Kier molecular flexibility index (Phi) is 3.55. The van der Waals surface area contributed by atoms with Crippen LogP contribution in [0.3, 0.4) is 0 Å². The molecule has 0 aliphatic rings. The average molecular weight is 189 g/mol. The van der Waals surface area contributed by atoms with Crippen molar-refractivity contribution >= 4 is 24.4 Å². The molecule has 1 rings (SSSR count). The number of rotatable bonds is 4. The van der Waals surface area contributed by atoms with Crippen molar-refractivity contribution < 1.29 is 4.79 Å². The zero-order valence-corrected chi connectivity index (χ0v) is 7.82. The maximum Gasteiger partial charge on any atom is 0.152 e. The molecule has 14 heavy (non-hydrogen) atoms. The van der Waals surface area contributed by atoms with Crippen molar-refractivity contribution in [1.29, 1.82) is 5.41 Å². The minimum atomic E-state index is 0.562. The van der Waals surface area contributed by atoms with Gasteiger partial charge in [0.25, 0.3) is 0 Å². The number of hydrogen-bond acceptors (Lipinski definition) is 4. The number of benzene rings is 1. The van der Waals surface area contributed by atoms with E-state index in [2.05, 4.69) is 10.5 Å². The van der Waals surface area contributed by atoms with Gasteiger partial charge in [-0.15, -0.1) is 0 Å². The van der Waals surface area contributed by atoms with E-state index >= 15 is 0 Å². The minimum absolute atomic E-state index is 0.562. The molecule has 0 saturated heterocycles. The highest BCUT2D eigenvalue weighted by Gasteiger charge is 1.99. The topological polar surface area (TPSA) is 65.3 Å². The van der Waals surface area contributed by atoms with Crippen LogP contribution >= 0.6 is 0 Å². The lowest BCUT2D eigenvalue weighted by molar-refractivity contribution is 0.112. The Morgan fingerprint density at radius 3 is 2.93 bits per heavy atom.